The number of piperidine rings is 1. The second-order valence-electron chi connectivity index (χ2n) is 6.74. The lowest BCUT2D eigenvalue weighted by Crippen LogP contribution is -2.43. The minimum absolute atomic E-state index is 0. The van der Waals surface area contributed by atoms with Crippen LogP contribution in [0.2, 0.25) is 0 Å². The summed E-state index contributed by atoms with van der Waals surface area (Å²) in [6.45, 7) is 4.40. The first-order valence-corrected chi connectivity index (χ1v) is 8.01. The molecule has 0 amide bonds. The van der Waals surface area contributed by atoms with Gasteiger partial charge in [-0.2, -0.15) is 0 Å². The first kappa shape index (κ1) is 18.4. The van der Waals surface area contributed by atoms with Gasteiger partial charge in [0.05, 0.1) is 6.54 Å². The number of halogens is 3. The molecule has 6 heteroatoms. The SMILES string of the molecule is CC1CCCN(C(N)=NCC2(c3c(F)cccc3F)CC2)C1.I. The van der Waals surface area contributed by atoms with Crippen LogP contribution in [-0.4, -0.2) is 30.5 Å². The van der Waals surface area contributed by atoms with Gasteiger partial charge < -0.3 is 10.6 Å². The van der Waals surface area contributed by atoms with Crippen LogP contribution in [0.5, 0.6) is 0 Å². The highest BCUT2D eigenvalue weighted by Crippen LogP contribution is 2.50. The average Bonchev–Trinajstić information content (AvgIpc) is 3.25. The van der Waals surface area contributed by atoms with Crippen LogP contribution in [0.3, 0.4) is 0 Å². The molecule has 1 saturated carbocycles. The molecule has 1 aromatic rings. The van der Waals surface area contributed by atoms with Crippen LogP contribution in [0.1, 0.15) is 38.2 Å². The lowest BCUT2D eigenvalue weighted by Gasteiger charge is -2.32. The third-order valence-electron chi connectivity index (χ3n) is 4.87. The molecule has 2 N–H and O–H groups in total. The molecule has 0 spiro atoms. The highest BCUT2D eigenvalue weighted by Gasteiger charge is 2.47. The zero-order valence-electron chi connectivity index (χ0n) is 13.4. The Labute approximate surface area is 153 Å². The predicted molar refractivity (Wildman–Crippen MR) is 99.1 cm³/mol. The Hall–Kier alpha value is -0.920. The highest BCUT2D eigenvalue weighted by molar-refractivity contribution is 14.0. The number of likely N-dealkylation sites (tertiary alicyclic amines) is 1. The Balaban J connectivity index is 0.00000192. The maximum atomic E-state index is 14.0. The van der Waals surface area contributed by atoms with E-state index in [0.717, 1.165) is 32.4 Å². The molecule has 0 aromatic heterocycles. The molecule has 1 aliphatic heterocycles. The summed E-state index contributed by atoms with van der Waals surface area (Å²) in [4.78, 5) is 6.55. The van der Waals surface area contributed by atoms with E-state index in [1.54, 1.807) is 0 Å². The highest BCUT2D eigenvalue weighted by atomic mass is 127. The first-order valence-electron chi connectivity index (χ1n) is 8.01. The van der Waals surface area contributed by atoms with E-state index >= 15 is 0 Å². The number of rotatable bonds is 3. The van der Waals surface area contributed by atoms with Crippen molar-refractivity contribution in [2.24, 2.45) is 16.6 Å². The molecule has 1 atom stereocenters. The lowest BCUT2D eigenvalue weighted by atomic mass is 9.95. The van der Waals surface area contributed by atoms with Crippen LogP contribution < -0.4 is 5.73 Å². The van der Waals surface area contributed by atoms with Crippen LogP contribution in [0, 0.1) is 17.6 Å². The predicted octanol–water partition coefficient (Wildman–Crippen LogP) is 3.66. The number of nitrogens with zero attached hydrogens (tertiary/aromatic N) is 2. The minimum Gasteiger partial charge on any atom is -0.370 e. The molecule has 0 bridgehead atoms. The van der Waals surface area contributed by atoms with Crippen molar-refractivity contribution in [2.75, 3.05) is 19.6 Å². The lowest BCUT2D eigenvalue weighted by molar-refractivity contribution is 0.270. The summed E-state index contributed by atoms with van der Waals surface area (Å²) in [5.74, 6) is 0.173. The van der Waals surface area contributed by atoms with Gasteiger partial charge in [-0.1, -0.05) is 13.0 Å². The van der Waals surface area contributed by atoms with Crippen molar-refractivity contribution < 1.29 is 8.78 Å². The summed E-state index contributed by atoms with van der Waals surface area (Å²) in [6, 6.07) is 4.03. The van der Waals surface area contributed by atoms with Gasteiger partial charge in [0, 0.05) is 24.1 Å². The van der Waals surface area contributed by atoms with Gasteiger partial charge in [-0.15, -0.1) is 24.0 Å². The van der Waals surface area contributed by atoms with Crippen LogP contribution in [0.4, 0.5) is 8.78 Å². The minimum atomic E-state index is -0.499. The molecule has 1 aromatic carbocycles. The van der Waals surface area contributed by atoms with Crippen molar-refractivity contribution >= 4 is 29.9 Å². The Kier molecular flexibility index (Phi) is 5.86. The molecular weight excluding hydrogens is 411 g/mol. The van der Waals surface area contributed by atoms with Crippen molar-refractivity contribution in [3.63, 3.8) is 0 Å². The fourth-order valence-corrected chi connectivity index (χ4v) is 3.37. The van der Waals surface area contributed by atoms with E-state index in [-0.39, 0.29) is 29.5 Å². The molecule has 1 saturated heterocycles. The van der Waals surface area contributed by atoms with Gasteiger partial charge in [0.2, 0.25) is 0 Å². The largest absolute Gasteiger partial charge is 0.370 e. The van der Waals surface area contributed by atoms with Gasteiger partial charge in [0.1, 0.15) is 11.6 Å². The molecular formula is C17H24F2IN3. The summed E-state index contributed by atoms with van der Waals surface area (Å²) in [7, 11) is 0. The number of nitrogens with two attached hydrogens (primary N) is 1. The van der Waals surface area contributed by atoms with E-state index in [9.17, 15) is 8.78 Å². The summed E-state index contributed by atoms with van der Waals surface area (Å²) in [5, 5.41) is 0. The van der Waals surface area contributed by atoms with E-state index in [2.05, 4.69) is 16.8 Å². The second kappa shape index (κ2) is 7.32. The smallest absolute Gasteiger partial charge is 0.191 e. The van der Waals surface area contributed by atoms with E-state index in [4.69, 9.17) is 5.73 Å². The standard InChI is InChI=1S/C17H23F2N3.HI/c1-12-4-3-9-22(10-12)16(20)21-11-17(7-8-17)15-13(18)5-2-6-14(15)19;/h2,5-6,12H,3-4,7-11H2,1H3,(H2,20,21);1H. The fraction of sp³-hybridized carbons (Fsp3) is 0.588. The normalized spacial score (nSPS) is 23.3. The third kappa shape index (κ3) is 3.95. The van der Waals surface area contributed by atoms with Crippen molar-refractivity contribution in [1.82, 2.24) is 4.90 Å². The van der Waals surface area contributed by atoms with Gasteiger partial charge >= 0.3 is 0 Å². The molecule has 128 valence electrons. The number of benzene rings is 1. The van der Waals surface area contributed by atoms with E-state index in [0.29, 0.717) is 18.4 Å². The van der Waals surface area contributed by atoms with Crippen LogP contribution in [-0.2, 0) is 5.41 Å². The molecule has 3 nitrogen and oxygen atoms in total. The molecule has 0 radical (unpaired) electrons. The number of hydrogen-bond acceptors (Lipinski definition) is 1. The summed E-state index contributed by atoms with van der Waals surface area (Å²) < 4.78 is 28.0. The second-order valence-corrected chi connectivity index (χ2v) is 6.74. The van der Waals surface area contributed by atoms with E-state index < -0.39 is 17.0 Å². The van der Waals surface area contributed by atoms with Crippen LogP contribution in [0.15, 0.2) is 23.2 Å². The van der Waals surface area contributed by atoms with Crippen molar-refractivity contribution in [2.45, 2.75) is 38.0 Å². The molecule has 1 unspecified atom stereocenters. The van der Waals surface area contributed by atoms with Crippen molar-refractivity contribution in [3.8, 4) is 0 Å². The van der Waals surface area contributed by atoms with Crippen LogP contribution >= 0.6 is 24.0 Å². The summed E-state index contributed by atoms with van der Waals surface area (Å²) in [6.07, 6.45) is 3.86. The first-order chi connectivity index (χ1) is 10.5. The fourth-order valence-electron chi connectivity index (χ4n) is 3.37. The summed E-state index contributed by atoms with van der Waals surface area (Å²) in [5.41, 5.74) is 5.77. The number of guanidine groups is 1. The van der Waals surface area contributed by atoms with Gasteiger partial charge in [-0.3, -0.25) is 4.99 Å². The number of aliphatic imine (C=N–C) groups is 1. The Morgan fingerprint density at radius 3 is 2.57 bits per heavy atom. The zero-order chi connectivity index (χ0) is 15.7. The maximum absolute atomic E-state index is 14.0. The molecule has 2 fully saturated rings. The average molecular weight is 435 g/mol. The quantitative estimate of drug-likeness (QED) is 0.448. The topological polar surface area (TPSA) is 41.6 Å². The molecule has 3 rings (SSSR count). The van der Waals surface area contributed by atoms with Crippen LogP contribution in [0.25, 0.3) is 0 Å². The van der Waals surface area contributed by atoms with Crippen molar-refractivity contribution in [1.29, 1.82) is 0 Å². The third-order valence-corrected chi connectivity index (χ3v) is 4.87. The van der Waals surface area contributed by atoms with E-state index in [1.807, 2.05) is 0 Å². The Morgan fingerprint density at radius 2 is 2.00 bits per heavy atom. The Bertz CT molecular complexity index is 567. The maximum Gasteiger partial charge on any atom is 0.191 e. The van der Waals surface area contributed by atoms with Gasteiger partial charge in [0.25, 0.3) is 0 Å². The monoisotopic (exact) mass is 435 g/mol. The molecule has 2 aliphatic rings. The van der Waals surface area contributed by atoms with Gasteiger partial charge in [-0.05, 0) is 43.7 Å². The number of hydrogen-bond donors (Lipinski definition) is 1. The Morgan fingerprint density at radius 1 is 1.35 bits per heavy atom. The summed E-state index contributed by atoms with van der Waals surface area (Å²) >= 11 is 0. The van der Waals surface area contributed by atoms with E-state index in [1.165, 1.54) is 24.6 Å². The van der Waals surface area contributed by atoms with Gasteiger partial charge in [-0.25, -0.2) is 8.78 Å². The zero-order valence-corrected chi connectivity index (χ0v) is 15.7. The molecule has 1 aliphatic carbocycles. The molecule has 23 heavy (non-hydrogen) atoms. The molecule has 1 heterocycles. The van der Waals surface area contributed by atoms with Gasteiger partial charge in [0.15, 0.2) is 5.96 Å². The van der Waals surface area contributed by atoms with Crippen molar-refractivity contribution in [3.05, 3.63) is 35.4 Å².